The molecule has 1 saturated heterocycles. The summed E-state index contributed by atoms with van der Waals surface area (Å²) >= 11 is 0. The summed E-state index contributed by atoms with van der Waals surface area (Å²) in [5, 5.41) is 4.03. The lowest BCUT2D eigenvalue weighted by atomic mass is 10.0. The van der Waals surface area contributed by atoms with Crippen molar-refractivity contribution in [1.29, 1.82) is 0 Å². The Labute approximate surface area is 165 Å². The third-order valence-electron chi connectivity index (χ3n) is 5.44. The number of carbonyl (C=O) groups excluding carboxylic acids is 1. The molecule has 0 N–H and O–H groups in total. The first-order chi connectivity index (χ1) is 13.6. The summed E-state index contributed by atoms with van der Waals surface area (Å²) in [6, 6.07) is 18.1. The topological polar surface area (TPSA) is 49.6 Å². The molecule has 2 heterocycles. The highest BCUT2D eigenvalue weighted by Crippen LogP contribution is 2.22. The molecule has 2 aromatic carbocycles. The molecule has 0 atom stereocenters. The number of carbonyl (C=O) groups is 1. The Hall–Kier alpha value is -2.92. The summed E-state index contributed by atoms with van der Waals surface area (Å²) in [5.41, 5.74) is 5.06. The van der Waals surface area contributed by atoms with Gasteiger partial charge in [0, 0.05) is 43.9 Å². The molecule has 0 saturated carbocycles. The van der Waals surface area contributed by atoms with Crippen molar-refractivity contribution in [3.05, 3.63) is 77.2 Å². The molecule has 1 fully saturated rings. The largest absolute Gasteiger partial charge is 0.361 e. The maximum Gasteiger partial charge on any atom is 0.253 e. The Morgan fingerprint density at radius 3 is 2.36 bits per heavy atom. The highest BCUT2D eigenvalue weighted by atomic mass is 16.5. The molecular formula is C23H25N3O2. The fourth-order valence-electron chi connectivity index (χ4n) is 3.71. The second-order valence-corrected chi connectivity index (χ2v) is 7.32. The van der Waals surface area contributed by atoms with E-state index in [-0.39, 0.29) is 5.91 Å². The number of hydrogen-bond acceptors (Lipinski definition) is 4. The summed E-state index contributed by atoms with van der Waals surface area (Å²) in [7, 11) is 0. The van der Waals surface area contributed by atoms with Gasteiger partial charge >= 0.3 is 0 Å². The predicted octanol–water partition coefficient (Wildman–Crippen LogP) is 3.92. The van der Waals surface area contributed by atoms with Crippen LogP contribution in [0.5, 0.6) is 0 Å². The smallest absolute Gasteiger partial charge is 0.253 e. The van der Waals surface area contributed by atoms with E-state index in [0.29, 0.717) is 0 Å². The van der Waals surface area contributed by atoms with Gasteiger partial charge in [-0.05, 0) is 37.1 Å². The Kier molecular flexibility index (Phi) is 5.26. The van der Waals surface area contributed by atoms with Gasteiger partial charge in [-0.2, -0.15) is 0 Å². The van der Waals surface area contributed by atoms with Crippen LogP contribution in [0.3, 0.4) is 0 Å². The van der Waals surface area contributed by atoms with Crippen molar-refractivity contribution in [3.8, 4) is 11.1 Å². The average molecular weight is 375 g/mol. The molecule has 0 aliphatic carbocycles. The maximum absolute atomic E-state index is 13.0. The Morgan fingerprint density at radius 2 is 1.68 bits per heavy atom. The summed E-state index contributed by atoms with van der Waals surface area (Å²) in [6.07, 6.45) is 0. The molecular weight excluding hydrogens is 350 g/mol. The van der Waals surface area contributed by atoms with Crippen LogP contribution in [-0.2, 0) is 6.54 Å². The summed E-state index contributed by atoms with van der Waals surface area (Å²) in [5.74, 6) is 0.989. The van der Waals surface area contributed by atoms with E-state index < -0.39 is 0 Å². The van der Waals surface area contributed by atoms with E-state index in [1.54, 1.807) is 0 Å². The molecule has 1 aliphatic rings. The minimum absolute atomic E-state index is 0.106. The van der Waals surface area contributed by atoms with Gasteiger partial charge in [0.05, 0.1) is 5.69 Å². The van der Waals surface area contributed by atoms with E-state index in [0.717, 1.165) is 66.4 Å². The monoisotopic (exact) mass is 375 g/mol. The van der Waals surface area contributed by atoms with Gasteiger partial charge < -0.3 is 9.42 Å². The van der Waals surface area contributed by atoms with Crippen LogP contribution in [0.15, 0.2) is 59.1 Å². The van der Waals surface area contributed by atoms with Gasteiger partial charge in [-0.1, -0.05) is 47.6 Å². The maximum atomic E-state index is 13.0. The van der Waals surface area contributed by atoms with Crippen molar-refractivity contribution in [2.45, 2.75) is 20.4 Å². The van der Waals surface area contributed by atoms with Crippen LogP contribution in [0.2, 0.25) is 0 Å². The highest BCUT2D eigenvalue weighted by Gasteiger charge is 2.23. The van der Waals surface area contributed by atoms with Crippen LogP contribution < -0.4 is 0 Å². The first kappa shape index (κ1) is 18.4. The second-order valence-electron chi connectivity index (χ2n) is 7.32. The number of aryl methyl sites for hydroxylation is 2. The number of hydrogen-bond donors (Lipinski definition) is 0. The average Bonchev–Trinajstić information content (AvgIpc) is 3.06. The number of aromatic nitrogens is 1. The molecule has 1 aromatic heterocycles. The molecule has 144 valence electrons. The molecule has 0 spiro atoms. The normalized spacial score (nSPS) is 15.0. The fourth-order valence-corrected chi connectivity index (χ4v) is 3.71. The van der Waals surface area contributed by atoms with Crippen molar-refractivity contribution in [2.24, 2.45) is 0 Å². The van der Waals surface area contributed by atoms with Crippen LogP contribution in [0, 0.1) is 13.8 Å². The molecule has 1 aliphatic heterocycles. The van der Waals surface area contributed by atoms with Gasteiger partial charge in [0.1, 0.15) is 5.76 Å². The van der Waals surface area contributed by atoms with Gasteiger partial charge in [-0.15, -0.1) is 0 Å². The second kappa shape index (κ2) is 7.98. The van der Waals surface area contributed by atoms with Gasteiger partial charge in [-0.3, -0.25) is 9.69 Å². The van der Waals surface area contributed by atoms with Crippen molar-refractivity contribution < 1.29 is 9.32 Å². The molecule has 4 rings (SSSR count). The van der Waals surface area contributed by atoms with Gasteiger partial charge in [-0.25, -0.2) is 0 Å². The number of amides is 1. The lowest BCUT2D eigenvalue weighted by Gasteiger charge is -2.34. The zero-order valence-corrected chi connectivity index (χ0v) is 16.4. The lowest BCUT2D eigenvalue weighted by Crippen LogP contribution is -2.48. The summed E-state index contributed by atoms with van der Waals surface area (Å²) in [4.78, 5) is 17.3. The molecule has 3 aromatic rings. The third-order valence-corrected chi connectivity index (χ3v) is 5.44. The van der Waals surface area contributed by atoms with Crippen molar-refractivity contribution in [3.63, 3.8) is 0 Å². The van der Waals surface area contributed by atoms with Gasteiger partial charge in [0.2, 0.25) is 0 Å². The Bertz CT molecular complexity index is 937. The number of piperazine rings is 1. The molecule has 0 unspecified atom stereocenters. The predicted molar refractivity (Wildman–Crippen MR) is 109 cm³/mol. The zero-order chi connectivity index (χ0) is 19.5. The molecule has 1 amide bonds. The van der Waals surface area contributed by atoms with Crippen molar-refractivity contribution in [1.82, 2.24) is 15.0 Å². The van der Waals surface area contributed by atoms with Gasteiger partial charge in [0.15, 0.2) is 0 Å². The molecule has 0 bridgehead atoms. The quantitative estimate of drug-likeness (QED) is 0.694. The van der Waals surface area contributed by atoms with Crippen LogP contribution >= 0.6 is 0 Å². The van der Waals surface area contributed by atoms with Crippen LogP contribution in [0.25, 0.3) is 11.1 Å². The SMILES string of the molecule is Cc1noc(C)c1CN1CCN(C(=O)c2cccc(-c3ccccc3)c2)CC1. The first-order valence-electron chi connectivity index (χ1n) is 9.70. The van der Waals surface area contributed by atoms with Crippen LogP contribution in [0.4, 0.5) is 0 Å². The third kappa shape index (κ3) is 3.85. The van der Waals surface area contributed by atoms with Crippen LogP contribution in [0.1, 0.15) is 27.4 Å². The first-order valence-corrected chi connectivity index (χ1v) is 9.70. The van der Waals surface area contributed by atoms with Crippen molar-refractivity contribution in [2.75, 3.05) is 26.2 Å². The lowest BCUT2D eigenvalue weighted by molar-refractivity contribution is 0.0627. The minimum atomic E-state index is 0.106. The zero-order valence-electron chi connectivity index (χ0n) is 16.4. The Balaban J connectivity index is 1.40. The standard InChI is InChI=1S/C23H25N3O2/c1-17-22(18(2)28-24-17)16-25-11-13-26(14-12-25)23(27)21-10-6-9-20(15-21)19-7-4-3-5-8-19/h3-10,15H,11-14,16H2,1-2H3. The van der Waals surface area contributed by atoms with E-state index >= 15 is 0 Å². The number of nitrogens with zero attached hydrogens (tertiary/aromatic N) is 3. The van der Waals surface area contributed by atoms with Crippen molar-refractivity contribution >= 4 is 5.91 Å². The Morgan fingerprint density at radius 1 is 0.964 bits per heavy atom. The van der Waals surface area contributed by atoms with E-state index in [9.17, 15) is 4.79 Å². The van der Waals surface area contributed by atoms with E-state index in [2.05, 4.69) is 22.2 Å². The molecule has 28 heavy (non-hydrogen) atoms. The number of rotatable bonds is 4. The molecule has 5 heteroatoms. The number of benzene rings is 2. The summed E-state index contributed by atoms with van der Waals surface area (Å²) in [6.45, 7) is 7.94. The van der Waals surface area contributed by atoms with E-state index in [1.807, 2.05) is 61.2 Å². The minimum Gasteiger partial charge on any atom is -0.361 e. The molecule has 0 radical (unpaired) electrons. The van der Waals surface area contributed by atoms with E-state index in [4.69, 9.17) is 4.52 Å². The van der Waals surface area contributed by atoms with E-state index in [1.165, 1.54) is 0 Å². The molecule has 5 nitrogen and oxygen atoms in total. The van der Waals surface area contributed by atoms with Crippen LogP contribution in [-0.4, -0.2) is 47.0 Å². The van der Waals surface area contributed by atoms with Gasteiger partial charge in [0.25, 0.3) is 5.91 Å². The summed E-state index contributed by atoms with van der Waals surface area (Å²) < 4.78 is 5.26. The highest BCUT2D eigenvalue weighted by molar-refractivity contribution is 5.95. The fraction of sp³-hybridized carbons (Fsp3) is 0.304.